The molecule has 0 aliphatic heterocycles. The maximum Gasteiger partial charge on any atom is 0.354 e. The van der Waals surface area contributed by atoms with E-state index in [1.54, 1.807) is 0 Å². The van der Waals surface area contributed by atoms with Crippen molar-refractivity contribution in [1.29, 1.82) is 0 Å². The number of aromatic nitrogens is 5. The number of pyridine rings is 1. The largest absolute Gasteiger partial charge is 0.477 e. The Balaban J connectivity index is 1.63. The highest BCUT2D eigenvalue weighted by Gasteiger charge is 2.33. The predicted molar refractivity (Wildman–Crippen MR) is 117 cm³/mol. The summed E-state index contributed by atoms with van der Waals surface area (Å²) in [5, 5.41) is 22.3. The molecule has 0 amide bonds. The lowest BCUT2D eigenvalue weighted by molar-refractivity contribution is 0.0684. The Bertz CT molecular complexity index is 1290. The van der Waals surface area contributed by atoms with E-state index in [2.05, 4.69) is 20.5 Å². The van der Waals surface area contributed by atoms with Crippen molar-refractivity contribution in [3.63, 3.8) is 0 Å². The van der Waals surface area contributed by atoms with E-state index in [1.807, 2.05) is 59.3 Å². The molecular weight excluding hydrogens is 416 g/mol. The summed E-state index contributed by atoms with van der Waals surface area (Å²) in [5.74, 6) is 0.482. The molecule has 1 aromatic carbocycles. The first kappa shape index (κ1) is 19.6. The molecule has 1 unspecified atom stereocenters. The average molecular weight is 437 g/mol. The van der Waals surface area contributed by atoms with Gasteiger partial charge in [-0.1, -0.05) is 23.7 Å². The van der Waals surface area contributed by atoms with Gasteiger partial charge in [0, 0.05) is 17.3 Å². The van der Waals surface area contributed by atoms with Crippen LogP contribution < -0.4 is 5.32 Å². The Morgan fingerprint density at radius 2 is 1.97 bits per heavy atom. The lowest BCUT2D eigenvalue weighted by Crippen LogP contribution is -2.20. The number of halogens is 1. The smallest absolute Gasteiger partial charge is 0.354 e. The van der Waals surface area contributed by atoms with Gasteiger partial charge in [-0.15, -0.1) is 10.2 Å². The standard InChI is InChI=1S/C22H21ClN6O2/c1-12-9-16(11-28-13(2)26-27-20(12)28)25-19(14-3-5-15(23)6-4-14)21-24-10-18(22(30)31)29(21)17-7-8-17/h3-6,9-11,17,19,25H,7-8H2,1-2H3,(H,30,31). The summed E-state index contributed by atoms with van der Waals surface area (Å²) in [5.41, 5.74) is 3.79. The minimum Gasteiger partial charge on any atom is -0.477 e. The molecule has 0 radical (unpaired) electrons. The van der Waals surface area contributed by atoms with Gasteiger partial charge < -0.3 is 15.0 Å². The molecule has 31 heavy (non-hydrogen) atoms. The fourth-order valence-corrected chi connectivity index (χ4v) is 4.05. The van der Waals surface area contributed by atoms with Crippen molar-refractivity contribution in [2.75, 3.05) is 5.32 Å². The number of hydrogen-bond donors (Lipinski definition) is 2. The molecule has 4 aromatic rings. The predicted octanol–water partition coefficient (Wildman–Crippen LogP) is 4.43. The summed E-state index contributed by atoms with van der Waals surface area (Å²) in [6.07, 6.45) is 5.28. The molecule has 3 aromatic heterocycles. The van der Waals surface area contributed by atoms with Crippen LogP contribution >= 0.6 is 11.6 Å². The maximum absolute atomic E-state index is 11.8. The van der Waals surface area contributed by atoms with E-state index in [9.17, 15) is 9.90 Å². The summed E-state index contributed by atoms with van der Waals surface area (Å²) in [7, 11) is 0. The van der Waals surface area contributed by atoms with Gasteiger partial charge in [0.15, 0.2) is 5.65 Å². The van der Waals surface area contributed by atoms with Gasteiger partial charge in [-0.05, 0) is 56.0 Å². The zero-order valence-corrected chi connectivity index (χ0v) is 17.8. The average Bonchev–Trinajstić information content (AvgIpc) is 3.37. The first-order valence-electron chi connectivity index (χ1n) is 10.1. The van der Waals surface area contributed by atoms with Crippen LogP contribution in [0.15, 0.2) is 42.7 Å². The van der Waals surface area contributed by atoms with E-state index >= 15 is 0 Å². The number of carboxylic acids is 1. The van der Waals surface area contributed by atoms with Gasteiger partial charge in [0.25, 0.3) is 0 Å². The third-order valence-electron chi connectivity index (χ3n) is 5.59. The number of aryl methyl sites for hydroxylation is 2. The molecule has 1 atom stereocenters. The molecule has 0 saturated heterocycles. The zero-order valence-electron chi connectivity index (χ0n) is 17.1. The van der Waals surface area contributed by atoms with Crippen LogP contribution in [0.3, 0.4) is 0 Å². The van der Waals surface area contributed by atoms with Crippen LogP contribution in [-0.2, 0) is 0 Å². The van der Waals surface area contributed by atoms with Crippen LogP contribution in [0.2, 0.25) is 5.02 Å². The first-order valence-corrected chi connectivity index (χ1v) is 10.4. The third kappa shape index (κ3) is 3.53. The molecule has 0 bridgehead atoms. The van der Waals surface area contributed by atoms with Crippen LogP contribution in [0.25, 0.3) is 5.65 Å². The van der Waals surface area contributed by atoms with Gasteiger partial charge in [0.05, 0.1) is 11.9 Å². The van der Waals surface area contributed by atoms with Crippen LogP contribution in [0, 0.1) is 13.8 Å². The van der Waals surface area contributed by atoms with E-state index in [4.69, 9.17) is 11.6 Å². The van der Waals surface area contributed by atoms with Gasteiger partial charge in [0.2, 0.25) is 0 Å². The topological polar surface area (TPSA) is 97.3 Å². The molecule has 1 aliphatic carbocycles. The molecule has 1 fully saturated rings. The van der Waals surface area contributed by atoms with Gasteiger partial charge in [-0.2, -0.15) is 0 Å². The highest BCUT2D eigenvalue weighted by Crippen LogP contribution is 2.40. The number of imidazole rings is 1. The van der Waals surface area contributed by atoms with E-state index in [-0.39, 0.29) is 17.8 Å². The van der Waals surface area contributed by atoms with Crippen LogP contribution in [0.4, 0.5) is 5.69 Å². The van der Waals surface area contributed by atoms with Crippen molar-refractivity contribution in [3.05, 3.63) is 76.2 Å². The lowest BCUT2D eigenvalue weighted by Gasteiger charge is -2.22. The van der Waals surface area contributed by atoms with Crippen LogP contribution in [0.5, 0.6) is 0 Å². The molecule has 1 aliphatic rings. The van der Waals surface area contributed by atoms with Gasteiger partial charge in [-0.25, -0.2) is 9.78 Å². The Labute approximate surface area is 183 Å². The minimum absolute atomic E-state index is 0.157. The van der Waals surface area contributed by atoms with Crippen molar-refractivity contribution in [3.8, 4) is 0 Å². The fourth-order valence-electron chi connectivity index (χ4n) is 3.93. The van der Waals surface area contributed by atoms with Crippen LogP contribution in [0.1, 0.15) is 58.2 Å². The molecule has 2 N–H and O–H groups in total. The molecule has 3 heterocycles. The zero-order chi connectivity index (χ0) is 21.7. The summed E-state index contributed by atoms with van der Waals surface area (Å²) in [4.78, 5) is 16.4. The molecule has 158 valence electrons. The number of nitrogens with one attached hydrogen (secondary N) is 1. The molecule has 9 heteroatoms. The number of anilines is 1. The lowest BCUT2D eigenvalue weighted by atomic mass is 10.1. The summed E-state index contributed by atoms with van der Waals surface area (Å²) < 4.78 is 3.79. The fraction of sp³-hybridized carbons (Fsp3) is 0.273. The van der Waals surface area contributed by atoms with Crippen molar-refractivity contribution in [2.24, 2.45) is 0 Å². The number of benzene rings is 1. The molecule has 5 rings (SSSR count). The Morgan fingerprint density at radius 3 is 2.65 bits per heavy atom. The number of carbonyl (C=O) groups is 1. The summed E-state index contributed by atoms with van der Waals surface area (Å²) >= 11 is 6.11. The van der Waals surface area contributed by atoms with Gasteiger partial charge >= 0.3 is 5.97 Å². The number of aromatic carboxylic acids is 1. The Hall–Kier alpha value is -3.39. The summed E-state index contributed by atoms with van der Waals surface area (Å²) in [6, 6.07) is 9.32. The number of fused-ring (bicyclic) bond motifs is 1. The van der Waals surface area contributed by atoms with Gasteiger partial charge in [-0.3, -0.25) is 4.40 Å². The number of carboxylic acid groups (broad SMARTS) is 1. The van der Waals surface area contributed by atoms with Gasteiger partial charge in [0.1, 0.15) is 23.4 Å². The first-order chi connectivity index (χ1) is 14.9. The highest BCUT2D eigenvalue weighted by atomic mass is 35.5. The second-order valence-corrected chi connectivity index (χ2v) is 8.33. The maximum atomic E-state index is 11.8. The number of hydrogen-bond acceptors (Lipinski definition) is 5. The molecular formula is C22H21ClN6O2. The van der Waals surface area contributed by atoms with Crippen molar-refractivity contribution in [1.82, 2.24) is 24.1 Å². The van der Waals surface area contributed by atoms with Crippen molar-refractivity contribution < 1.29 is 9.90 Å². The normalized spacial score (nSPS) is 14.7. The number of nitrogens with zero attached hydrogens (tertiary/aromatic N) is 5. The number of rotatable bonds is 6. The monoisotopic (exact) mass is 436 g/mol. The summed E-state index contributed by atoms with van der Waals surface area (Å²) in [6.45, 7) is 3.89. The van der Waals surface area contributed by atoms with Crippen LogP contribution in [-0.4, -0.2) is 35.2 Å². The third-order valence-corrected chi connectivity index (χ3v) is 5.84. The second kappa shape index (κ2) is 7.39. The van der Waals surface area contributed by atoms with E-state index < -0.39 is 5.97 Å². The molecule has 8 nitrogen and oxygen atoms in total. The molecule has 0 spiro atoms. The minimum atomic E-state index is -0.974. The van der Waals surface area contributed by atoms with E-state index in [0.29, 0.717) is 10.8 Å². The van der Waals surface area contributed by atoms with E-state index in [1.165, 1.54) is 6.20 Å². The van der Waals surface area contributed by atoms with Crippen molar-refractivity contribution in [2.45, 2.75) is 38.8 Å². The van der Waals surface area contributed by atoms with Crippen molar-refractivity contribution >= 4 is 28.9 Å². The second-order valence-electron chi connectivity index (χ2n) is 7.89. The highest BCUT2D eigenvalue weighted by molar-refractivity contribution is 6.30. The SMILES string of the molecule is Cc1cc(NC(c2ccc(Cl)cc2)c2ncc(C(=O)O)n2C2CC2)cn2c(C)nnc12. The van der Waals surface area contributed by atoms with E-state index in [0.717, 1.165) is 41.1 Å². The Morgan fingerprint density at radius 1 is 1.23 bits per heavy atom. The molecule has 1 saturated carbocycles. The Kier molecular flexibility index (Phi) is 4.66. The quantitative estimate of drug-likeness (QED) is 0.464.